The van der Waals surface area contributed by atoms with Crippen LogP contribution in [0.3, 0.4) is 0 Å². The molecule has 1 aliphatic rings. The van der Waals surface area contributed by atoms with Gasteiger partial charge in [-0.3, -0.25) is 4.79 Å². The standard InChI is InChI=1S/C14H19BrN2O2/c1-16-9-10-3-2-4-12(15)14(10)19-8-7-13(18)17-11-5-6-11/h2-4,11,16H,5-9H2,1H3,(H,17,18). The van der Waals surface area contributed by atoms with Gasteiger partial charge in [-0.25, -0.2) is 0 Å². The molecule has 104 valence electrons. The Hall–Kier alpha value is -1.07. The van der Waals surface area contributed by atoms with Crippen molar-refractivity contribution in [3.05, 3.63) is 28.2 Å². The third kappa shape index (κ3) is 4.51. The van der Waals surface area contributed by atoms with E-state index in [4.69, 9.17) is 4.74 Å². The number of nitrogens with one attached hydrogen (secondary N) is 2. The van der Waals surface area contributed by atoms with Crippen LogP contribution in [-0.4, -0.2) is 25.6 Å². The van der Waals surface area contributed by atoms with Gasteiger partial charge in [-0.05, 0) is 41.9 Å². The van der Waals surface area contributed by atoms with Crippen LogP contribution in [0.25, 0.3) is 0 Å². The molecular formula is C14H19BrN2O2. The highest BCUT2D eigenvalue weighted by atomic mass is 79.9. The van der Waals surface area contributed by atoms with Gasteiger partial charge in [0, 0.05) is 18.2 Å². The van der Waals surface area contributed by atoms with Crippen molar-refractivity contribution in [1.29, 1.82) is 0 Å². The Morgan fingerprint density at radius 1 is 1.47 bits per heavy atom. The van der Waals surface area contributed by atoms with Crippen molar-refractivity contribution in [1.82, 2.24) is 10.6 Å². The summed E-state index contributed by atoms with van der Waals surface area (Å²) in [5.74, 6) is 0.890. The zero-order valence-corrected chi connectivity index (χ0v) is 12.6. The van der Waals surface area contributed by atoms with Gasteiger partial charge in [0.05, 0.1) is 17.5 Å². The van der Waals surface area contributed by atoms with E-state index in [2.05, 4.69) is 26.6 Å². The number of halogens is 1. The average molecular weight is 327 g/mol. The number of benzene rings is 1. The van der Waals surface area contributed by atoms with Crippen LogP contribution in [0, 0.1) is 0 Å². The van der Waals surface area contributed by atoms with Crippen molar-refractivity contribution in [2.75, 3.05) is 13.7 Å². The highest BCUT2D eigenvalue weighted by Crippen LogP contribution is 2.29. The zero-order chi connectivity index (χ0) is 13.7. The second kappa shape index (κ2) is 6.91. The maximum Gasteiger partial charge on any atom is 0.223 e. The lowest BCUT2D eigenvalue weighted by molar-refractivity contribution is -0.121. The monoisotopic (exact) mass is 326 g/mol. The van der Waals surface area contributed by atoms with Gasteiger partial charge in [0.2, 0.25) is 5.91 Å². The summed E-state index contributed by atoms with van der Waals surface area (Å²) in [6, 6.07) is 6.35. The number of hydrogen-bond acceptors (Lipinski definition) is 3. The molecule has 0 spiro atoms. The van der Waals surface area contributed by atoms with E-state index in [0.29, 0.717) is 19.1 Å². The van der Waals surface area contributed by atoms with Crippen LogP contribution in [0.5, 0.6) is 5.75 Å². The SMILES string of the molecule is CNCc1cccc(Br)c1OCCC(=O)NC1CC1. The number of amides is 1. The number of carbonyl (C=O) groups is 1. The number of carbonyl (C=O) groups excluding carboxylic acids is 1. The highest BCUT2D eigenvalue weighted by molar-refractivity contribution is 9.10. The quantitative estimate of drug-likeness (QED) is 0.807. The van der Waals surface area contributed by atoms with Crippen molar-refractivity contribution >= 4 is 21.8 Å². The van der Waals surface area contributed by atoms with Gasteiger partial charge in [0.25, 0.3) is 0 Å². The fourth-order valence-corrected chi connectivity index (χ4v) is 2.34. The normalized spacial score (nSPS) is 14.2. The molecule has 0 aliphatic heterocycles. The summed E-state index contributed by atoms with van der Waals surface area (Å²) in [5, 5.41) is 6.06. The van der Waals surface area contributed by atoms with Gasteiger partial charge in [0.15, 0.2) is 0 Å². The van der Waals surface area contributed by atoms with Gasteiger partial charge in [-0.15, -0.1) is 0 Å². The van der Waals surface area contributed by atoms with E-state index in [1.807, 2.05) is 25.2 Å². The van der Waals surface area contributed by atoms with E-state index in [9.17, 15) is 4.79 Å². The molecule has 0 heterocycles. The van der Waals surface area contributed by atoms with E-state index in [1.165, 1.54) is 0 Å². The maximum atomic E-state index is 11.6. The largest absolute Gasteiger partial charge is 0.492 e. The summed E-state index contributed by atoms with van der Waals surface area (Å²) in [6.07, 6.45) is 2.63. The molecule has 2 N–H and O–H groups in total. The lowest BCUT2D eigenvalue weighted by Crippen LogP contribution is -2.26. The first-order valence-electron chi connectivity index (χ1n) is 6.55. The molecular weight excluding hydrogens is 308 g/mol. The van der Waals surface area contributed by atoms with Crippen LogP contribution in [0.15, 0.2) is 22.7 Å². The summed E-state index contributed by atoms with van der Waals surface area (Å²) in [4.78, 5) is 11.6. The van der Waals surface area contributed by atoms with Crippen LogP contribution < -0.4 is 15.4 Å². The molecule has 19 heavy (non-hydrogen) atoms. The molecule has 1 amide bonds. The molecule has 4 nitrogen and oxygen atoms in total. The Labute approximate surface area is 122 Å². The minimum absolute atomic E-state index is 0.0738. The fourth-order valence-electron chi connectivity index (χ4n) is 1.82. The molecule has 0 bridgehead atoms. The van der Waals surface area contributed by atoms with Crippen molar-refractivity contribution < 1.29 is 9.53 Å². The maximum absolute atomic E-state index is 11.6. The lowest BCUT2D eigenvalue weighted by Gasteiger charge is -2.13. The van der Waals surface area contributed by atoms with Crippen LogP contribution in [0.1, 0.15) is 24.8 Å². The van der Waals surface area contributed by atoms with Crippen LogP contribution in [-0.2, 0) is 11.3 Å². The van der Waals surface area contributed by atoms with Crippen LogP contribution in [0.2, 0.25) is 0 Å². The predicted molar refractivity (Wildman–Crippen MR) is 78.2 cm³/mol. The van der Waals surface area contributed by atoms with E-state index >= 15 is 0 Å². The first-order valence-corrected chi connectivity index (χ1v) is 7.34. The molecule has 0 aromatic heterocycles. The second-order valence-electron chi connectivity index (χ2n) is 4.70. The average Bonchev–Trinajstić information content (AvgIpc) is 3.17. The Morgan fingerprint density at radius 3 is 2.95 bits per heavy atom. The van der Waals surface area contributed by atoms with Crippen LogP contribution >= 0.6 is 15.9 Å². The summed E-state index contributed by atoms with van der Waals surface area (Å²) >= 11 is 3.48. The predicted octanol–water partition coefficient (Wildman–Crippen LogP) is 2.22. The van der Waals surface area contributed by atoms with Gasteiger partial charge < -0.3 is 15.4 Å². The van der Waals surface area contributed by atoms with Crippen molar-refractivity contribution in [3.63, 3.8) is 0 Å². The van der Waals surface area contributed by atoms with Crippen LogP contribution in [0.4, 0.5) is 0 Å². The molecule has 1 fully saturated rings. The zero-order valence-electron chi connectivity index (χ0n) is 11.0. The molecule has 2 rings (SSSR count). The van der Waals surface area contributed by atoms with E-state index in [1.54, 1.807) is 0 Å². The van der Waals surface area contributed by atoms with Crippen molar-refractivity contribution in [3.8, 4) is 5.75 Å². The molecule has 1 saturated carbocycles. The molecule has 1 aromatic carbocycles. The third-order valence-corrected chi connectivity index (χ3v) is 3.56. The van der Waals surface area contributed by atoms with Gasteiger partial charge >= 0.3 is 0 Å². The Balaban J connectivity index is 1.85. The summed E-state index contributed by atoms with van der Waals surface area (Å²) in [6.45, 7) is 1.14. The third-order valence-electron chi connectivity index (χ3n) is 2.93. The van der Waals surface area contributed by atoms with E-state index in [-0.39, 0.29) is 5.91 Å². The van der Waals surface area contributed by atoms with Gasteiger partial charge in [-0.2, -0.15) is 0 Å². The molecule has 5 heteroatoms. The molecule has 1 aromatic rings. The first kappa shape index (κ1) is 14.3. The van der Waals surface area contributed by atoms with E-state index in [0.717, 1.165) is 35.2 Å². The number of para-hydroxylation sites is 1. The minimum Gasteiger partial charge on any atom is -0.492 e. The van der Waals surface area contributed by atoms with E-state index < -0.39 is 0 Å². The Morgan fingerprint density at radius 2 is 2.26 bits per heavy atom. The first-order chi connectivity index (χ1) is 9.20. The van der Waals surface area contributed by atoms with Crippen molar-refractivity contribution in [2.24, 2.45) is 0 Å². The summed E-state index contributed by atoms with van der Waals surface area (Å²) in [7, 11) is 1.90. The number of hydrogen-bond donors (Lipinski definition) is 2. The smallest absolute Gasteiger partial charge is 0.223 e. The van der Waals surface area contributed by atoms with Gasteiger partial charge in [-0.1, -0.05) is 12.1 Å². The topological polar surface area (TPSA) is 50.4 Å². The number of rotatable bonds is 7. The molecule has 0 atom stereocenters. The fraction of sp³-hybridized carbons (Fsp3) is 0.500. The Kier molecular flexibility index (Phi) is 5.22. The van der Waals surface area contributed by atoms with Crippen molar-refractivity contribution in [2.45, 2.75) is 31.8 Å². The highest BCUT2D eigenvalue weighted by Gasteiger charge is 2.22. The molecule has 0 saturated heterocycles. The number of ether oxygens (including phenoxy) is 1. The molecule has 0 unspecified atom stereocenters. The molecule has 1 aliphatic carbocycles. The van der Waals surface area contributed by atoms with Gasteiger partial charge in [0.1, 0.15) is 5.75 Å². The summed E-state index contributed by atoms with van der Waals surface area (Å²) in [5.41, 5.74) is 1.08. The minimum atomic E-state index is 0.0738. The second-order valence-corrected chi connectivity index (χ2v) is 5.55. The Bertz CT molecular complexity index is 447. The molecule has 0 radical (unpaired) electrons. The summed E-state index contributed by atoms with van der Waals surface area (Å²) < 4.78 is 6.66. The lowest BCUT2D eigenvalue weighted by atomic mass is 10.2.